The van der Waals surface area contributed by atoms with Crippen LogP contribution in [0, 0.1) is 12.8 Å². The molecule has 1 unspecified atom stereocenters. The van der Waals surface area contributed by atoms with Crippen molar-refractivity contribution in [1.29, 1.82) is 0 Å². The van der Waals surface area contributed by atoms with Gasteiger partial charge in [-0.2, -0.15) is 5.10 Å². The average molecular weight is 316 g/mol. The average Bonchev–Trinajstić information content (AvgIpc) is 3.31. The van der Waals surface area contributed by atoms with Gasteiger partial charge in [-0.1, -0.05) is 13.8 Å². The van der Waals surface area contributed by atoms with E-state index in [4.69, 9.17) is 4.98 Å². The van der Waals surface area contributed by atoms with Crippen molar-refractivity contribution >= 4 is 16.9 Å². The monoisotopic (exact) mass is 316 g/mol. The number of pyridine rings is 1. The zero-order chi connectivity index (χ0) is 16.7. The summed E-state index contributed by atoms with van der Waals surface area (Å²) in [5.74, 6) is 0.396. The Morgan fingerprint density at radius 3 is 2.78 bits per heavy atom. The summed E-state index contributed by atoms with van der Waals surface area (Å²) >= 11 is 0. The van der Waals surface area contributed by atoms with E-state index >= 15 is 0 Å². The number of hydrogen-bond acceptors (Lipinski definition) is 4. The predicted molar refractivity (Wildman–Crippen MR) is 88.4 cm³/mol. The van der Waals surface area contributed by atoms with Gasteiger partial charge in [0.25, 0.3) is 5.91 Å². The molecule has 1 fully saturated rings. The predicted octanol–water partition coefficient (Wildman–Crippen LogP) is 1.90. The van der Waals surface area contributed by atoms with Crippen LogP contribution < -0.4 is 5.32 Å². The maximum Gasteiger partial charge on any atom is 0.252 e. The maximum absolute atomic E-state index is 12.7. The first-order valence-corrected chi connectivity index (χ1v) is 8.19. The van der Waals surface area contributed by atoms with E-state index in [1.807, 2.05) is 33.9 Å². The van der Waals surface area contributed by atoms with Gasteiger partial charge in [-0.05, 0) is 31.7 Å². The molecule has 3 rings (SSSR count). The molecule has 6 nitrogen and oxygen atoms in total. The second kappa shape index (κ2) is 5.92. The van der Waals surface area contributed by atoms with Crippen LogP contribution in [-0.4, -0.2) is 38.4 Å². The molecule has 0 aliphatic heterocycles. The zero-order valence-electron chi connectivity index (χ0n) is 14.1. The van der Waals surface area contributed by atoms with Crippen molar-refractivity contribution in [2.45, 2.75) is 45.6 Å². The van der Waals surface area contributed by atoms with Gasteiger partial charge in [0.1, 0.15) is 0 Å². The molecule has 1 aliphatic carbocycles. The SMILES string of the molecule is Cc1nn(C)c2nc(C3CC3)cc(C(=O)NCC(O)C(C)C)c12. The second-order valence-electron chi connectivity index (χ2n) is 6.80. The molecule has 23 heavy (non-hydrogen) atoms. The molecule has 124 valence electrons. The summed E-state index contributed by atoms with van der Waals surface area (Å²) in [6.07, 6.45) is 1.71. The molecule has 1 atom stereocenters. The molecular weight excluding hydrogens is 292 g/mol. The Bertz CT molecular complexity index is 747. The van der Waals surface area contributed by atoms with Crippen molar-refractivity contribution in [3.8, 4) is 0 Å². The normalized spacial score (nSPS) is 16.1. The molecule has 2 heterocycles. The third-order valence-electron chi connectivity index (χ3n) is 4.47. The molecule has 6 heteroatoms. The van der Waals surface area contributed by atoms with Crippen LogP contribution in [0.25, 0.3) is 11.0 Å². The molecule has 0 bridgehead atoms. The summed E-state index contributed by atoms with van der Waals surface area (Å²) in [6, 6.07) is 1.89. The van der Waals surface area contributed by atoms with Crippen LogP contribution in [0.1, 0.15) is 54.4 Å². The third kappa shape index (κ3) is 3.08. The van der Waals surface area contributed by atoms with Crippen LogP contribution in [0.15, 0.2) is 6.07 Å². The van der Waals surface area contributed by atoms with E-state index in [2.05, 4.69) is 10.4 Å². The first-order valence-electron chi connectivity index (χ1n) is 8.19. The fraction of sp³-hybridized carbons (Fsp3) is 0.588. The van der Waals surface area contributed by atoms with Crippen LogP contribution in [0.4, 0.5) is 0 Å². The Morgan fingerprint density at radius 2 is 2.17 bits per heavy atom. The maximum atomic E-state index is 12.7. The van der Waals surface area contributed by atoms with Crippen molar-refractivity contribution in [3.63, 3.8) is 0 Å². The van der Waals surface area contributed by atoms with E-state index in [1.54, 1.807) is 4.68 Å². The molecule has 2 aromatic rings. The number of aryl methyl sites for hydroxylation is 2. The number of rotatable bonds is 5. The van der Waals surface area contributed by atoms with E-state index in [-0.39, 0.29) is 18.4 Å². The van der Waals surface area contributed by atoms with Crippen LogP contribution >= 0.6 is 0 Å². The minimum absolute atomic E-state index is 0.106. The Hall–Kier alpha value is -1.95. The minimum atomic E-state index is -0.547. The van der Waals surface area contributed by atoms with Crippen LogP contribution in [0.5, 0.6) is 0 Å². The highest BCUT2D eigenvalue weighted by Gasteiger charge is 2.28. The summed E-state index contributed by atoms with van der Waals surface area (Å²) in [5.41, 5.74) is 3.13. The minimum Gasteiger partial charge on any atom is -0.391 e. The lowest BCUT2D eigenvalue weighted by atomic mass is 10.1. The highest BCUT2D eigenvalue weighted by atomic mass is 16.3. The number of carbonyl (C=O) groups is 1. The number of aromatic nitrogens is 3. The van der Waals surface area contributed by atoms with Crippen LogP contribution in [0.2, 0.25) is 0 Å². The number of aliphatic hydroxyl groups excluding tert-OH is 1. The zero-order valence-corrected chi connectivity index (χ0v) is 14.1. The summed E-state index contributed by atoms with van der Waals surface area (Å²) in [6.45, 7) is 5.99. The van der Waals surface area contributed by atoms with Crippen molar-refractivity contribution in [2.24, 2.45) is 13.0 Å². The Labute approximate surface area is 135 Å². The molecule has 2 N–H and O–H groups in total. The van der Waals surface area contributed by atoms with Crippen molar-refractivity contribution in [1.82, 2.24) is 20.1 Å². The first kappa shape index (κ1) is 15.9. The summed E-state index contributed by atoms with van der Waals surface area (Å²) in [5, 5.41) is 17.9. The van der Waals surface area contributed by atoms with Gasteiger partial charge in [0.05, 0.1) is 22.7 Å². The molecule has 0 saturated heterocycles. The Morgan fingerprint density at radius 1 is 1.48 bits per heavy atom. The number of nitrogens with one attached hydrogen (secondary N) is 1. The van der Waals surface area contributed by atoms with E-state index in [0.29, 0.717) is 11.5 Å². The fourth-order valence-corrected chi connectivity index (χ4v) is 2.76. The lowest BCUT2D eigenvalue weighted by molar-refractivity contribution is 0.0873. The van der Waals surface area contributed by atoms with E-state index in [1.165, 1.54) is 0 Å². The number of carbonyl (C=O) groups excluding carboxylic acids is 1. The highest BCUT2D eigenvalue weighted by molar-refractivity contribution is 6.06. The molecule has 2 aromatic heterocycles. The van der Waals surface area contributed by atoms with Gasteiger partial charge < -0.3 is 10.4 Å². The quantitative estimate of drug-likeness (QED) is 0.883. The van der Waals surface area contributed by atoms with Gasteiger partial charge in [0, 0.05) is 25.2 Å². The molecule has 0 spiro atoms. The van der Waals surface area contributed by atoms with E-state index < -0.39 is 6.10 Å². The molecule has 1 saturated carbocycles. The van der Waals surface area contributed by atoms with Gasteiger partial charge in [-0.3, -0.25) is 9.48 Å². The van der Waals surface area contributed by atoms with E-state index in [0.717, 1.165) is 35.3 Å². The fourth-order valence-electron chi connectivity index (χ4n) is 2.76. The lowest BCUT2D eigenvalue weighted by Gasteiger charge is -2.15. The summed E-state index contributed by atoms with van der Waals surface area (Å²) < 4.78 is 1.73. The van der Waals surface area contributed by atoms with Crippen molar-refractivity contribution < 1.29 is 9.90 Å². The van der Waals surface area contributed by atoms with Crippen molar-refractivity contribution in [2.75, 3.05) is 6.54 Å². The Kier molecular flexibility index (Phi) is 4.10. The van der Waals surface area contributed by atoms with Gasteiger partial charge in [0.15, 0.2) is 5.65 Å². The molecular formula is C17H24N4O2. The standard InChI is InChI=1S/C17H24N4O2/c1-9(2)14(22)8-18-17(23)12-7-13(11-5-6-11)19-16-15(12)10(3)20-21(16)4/h7,9,11,14,22H,5-6,8H2,1-4H3,(H,18,23). The second-order valence-corrected chi connectivity index (χ2v) is 6.80. The molecule has 0 aromatic carbocycles. The molecule has 1 aliphatic rings. The number of aliphatic hydroxyl groups is 1. The third-order valence-corrected chi connectivity index (χ3v) is 4.47. The highest BCUT2D eigenvalue weighted by Crippen LogP contribution is 2.40. The van der Waals surface area contributed by atoms with Gasteiger partial charge in [0.2, 0.25) is 0 Å². The summed E-state index contributed by atoms with van der Waals surface area (Å²) in [4.78, 5) is 17.4. The number of hydrogen-bond donors (Lipinski definition) is 2. The van der Waals surface area contributed by atoms with Gasteiger partial charge >= 0.3 is 0 Å². The number of fused-ring (bicyclic) bond motifs is 1. The summed E-state index contributed by atoms with van der Waals surface area (Å²) in [7, 11) is 1.85. The van der Waals surface area contributed by atoms with Crippen LogP contribution in [-0.2, 0) is 7.05 Å². The largest absolute Gasteiger partial charge is 0.391 e. The van der Waals surface area contributed by atoms with Gasteiger partial charge in [-0.25, -0.2) is 4.98 Å². The lowest BCUT2D eigenvalue weighted by Crippen LogP contribution is -2.34. The van der Waals surface area contributed by atoms with Gasteiger partial charge in [-0.15, -0.1) is 0 Å². The number of amides is 1. The topological polar surface area (TPSA) is 80.0 Å². The number of nitrogens with zero attached hydrogens (tertiary/aromatic N) is 3. The smallest absolute Gasteiger partial charge is 0.252 e. The van der Waals surface area contributed by atoms with Crippen LogP contribution in [0.3, 0.4) is 0 Å². The molecule has 0 radical (unpaired) electrons. The van der Waals surface area contributed by atoms with E-state index in [9.17, 15) is 9.90 Å². The first-order chi connectivity index (χ1) is 10.9. The Balaban J connectivity index is 1.96. The molecule has 1 amide bonds. The van der Waals surface area contributed by atoms with Crippen molar-refractivity contribution in [3.05, 3.63) is 23.0 Å².